The number of nitrogen functional groups attached to an aromatic ring is 1. The second-order valence-corrected chi connectivity index (χ2v) is 5.26. The zero-order valence-corrected chi connectivity index (χ0v) is 11.4. The molecule has 3 N–H and O–H groups in total. The molecule has 1 amide bonds. The van der Waals surface area contributed by atoms with Gasteiger partial charge in [0, 0.05) is 19.3 Å². The zero-order valence-electron chi connectivity index (χ0n) is 11.4. The molecule has 0 aromatic carbocycles. The summed E-state index contributed by atoms with van der Waals surface area (Å²) in [6.07, 6.45) is 4.18. The quantitative estimate of drug-likeness (QED) is 0.834. The number of anilines is 1. The third-order valence-corrected chi connectivity index (χ3v) is 3.46. The molecule has 1 aliphatic heterocycles. The molecule has 104 valence electrons. The van der Waals surface area contributed by atoms with Crippen LogP contribution in [0.5, 0.6) is 0 Å². The van der Waals surface area contributed by atoms with E-state index in [-0.39, 0.29) is 11.7 Å². The number of rotatable bonds is 5. The highest BCUT2D eigenvalue weighted by Crippen LogP contribution is 2.10. The Hall–Kier alpha value is -1.62. The standard InChI is InChI=1S/C14H22N4O/c1-11(10-18-7-2-3-8-18)9-17-14(19)12-5-4-6-16-13(12)15/h4-6,11H,2-3,7-10H2,1H3,(H2,15,16)(H,17,19). The normalized spacial score (nSPS) is 17.3. The topological polar surface area (TPSA) is 71.2 Å². The first-order chi connectivity index (χ1) is 9.16. The van der Waals surface area contributed by atoms with E-state index in [4.69, 9.17) is 5.73 Å². The average molecular weight is 262 g/mol. The van der Waals surface area contributed by atoms with Crippen LogP contribution in [-0.2, 0) is 0 Å². The van der Waals surface area contributed by atoms with Crippen molar-refractivity contribution < 1.29 is 4.79 Å². The van der Waals surface area contributed by atoms with Crippen molar-refractivity contribution in [2.75, 3.05) is 31.9 Å². The van der Waals surface area contributed by atoms with Crippen LogP contribution in [0.25, 0.3) is 0 Å². The Morgan fingerprint density at radius 2 is 2.26 bits per heavy atom. The summed E-state index contributed by atoms with van der Waals surface area (Å²) >= 11 is 0. The molecule has 0 bridgehead atoms. The third kappa shape index (κ3) is 3.92. The minimum atomic E-state index is -0.140. The van der Waals surface area contributed by atoms with Crippen LogP contribution in [0.4, 0.5) is 5.82 Å². The van der Waals surface area contributed by atoms with Gasteiger partial charge in [-0.05, 0) is 44.0 Å². The second kappa shape index (κ2) is 6.52. The summed E-state index contributed by atoms with van der Waals surface area (Å²) in [4.78, 5) is 18.3. The maximum Gasteiger partial charge on any atom is 0.255 e. The summed E-state index contributed by atoms with van der Waals surface area (Å²) in [5.74, 6) is 0.589. The van der Waals surface area contributed by atoms with Crippen molar-refractivity contribution in [1.82, 2.24) is 15.2 Å². The van der Waals surface area contributed by atoms with Crippen molar-refractivity contribution in [1.29, 1.82) is 0 Å². The molecule has 1 aromatic rings. The first-order valence-electron chi connectivity index (χ1n) is 6.88. The van der Waals surface area contributed by atoms with E-state index in [0.717, 1.165) is 6.54 Å². The van der Waals surface area contributed by atoms with Crippen molar-refractivity contribution in [3.8, 4) is 0 Å². The van der Waals surface area contributed by atoms with Crippen molar-refractivity contribution in [2.45, 2.75) is 19.8 Å². The molecule has 2 heterocycles. The predicted octanol–water partition coefficient (Wildman–Crippen LogP) is 1.13. The van der Waals surface area contributed by atoms with Gasteiger partial charge >= 0.3 is 0 Å². The predicted molar refractivity (Wildman–Crippen MR) is 75.8 cm³/mol. The lowest BCUT2D eigenvalue weighted by Gasteiger charge is -2.20. The molecule has 0 aliphatic carbocycles. The van der Waals surface area contributed by atoms with E-state index in [2.05, 4.69) is 22.1 Å². The van der Waals surface area contributed by atoms with Gasteiger partial charge in [-0.15, -0.1) is 0 Å². The monoisotopic (exact) mass is 262 g/mol. The van der Waals surface area contributed by atoms with Crippen molar-refractivity contribution in [3.63, 3.8) is 0 Å². The second-order valence-electron chi connectivity index (χ2n) is 5.26. The van der Waals surface area contributed by atoms with E-state index in [0.29, 0.717) is 18.0 Å². The molecule has 19 heavy (non-hydrogen) atoms. The minimum absolute atomic E-state index is 0.140. The van der Waals surface area contributed by atoms with Crippen LogP contribution >= 0.6 is 0 Å². The first-order valence-corrected chi connectivity index (χ1v) is 6.88. The Morgan fingerprint density at radius 3 is 2.95 bits per heavy atom. The smallest absolute Gasteiger partial charge is 0.255 e. The number of hydrogen-bond acceptors (Lipinski definition) is 4. The first kappa shape index (κ1) is 13.8. The molecule has 0 spiro atoms. The van der Waals surface area contributed by atoms with E-state index in [9.17, 15) is 4.79 Å². The van der Waals surface area contributed by atoms with E-state index >= 15 is 0 Å². The molecule has 1 unspecified atom stereocenters. The van der Waals surface area contributed by atoms with E-state index in [1.54, 1.807) is 18.3 Å². The molecule has 1 atom stereocenters. The number of nitrogens with zero attached hydrogens (tertiary/aromatic N) is 2. The summed E-state index contributed by atoms with van der Waals surface area (Å²) in [5.41, 5.74) is 6.13. The Bertz CT molecular complexity index is 429. The van der Waals surface area contributed by atoms with Gasteiger partial charge in [-0.25, -0.2) is 4.98 Å². The van der Waals surface area contributed by atoms with Crippen LogP contribution in [0, 0.1) is 5.92 Å². The van der Waals surface area contributed by atoms with Gasteiger partial charge in [-0.2, -0.15) is 0 Å². The van der Waals surface area contributed by atoms with Crippen LogP contribution in [-0.4, -0.2) is 42.0 Å². The molecule has 1 aromatic heterocycles. The van der Waals surface area contributed by atoms with Crippen molar-refractivity contribution in [2.24, 2.45) is 5.92 Å². The number of aromatic nitrogens is 1. The molecule has 5 heteroatoms. The lowest BCUT2D eigenvalue weighted by Crippen LogP contribution is -2.34. The van der Waals surface area contributed by atoms with Crippen LogP contribution < -0.4 is 11.1 Å². The number of pyridine rings is 1. The molecular formula is C14H22N4O. The number of carbonyl (C=O) groups excluding carboxylic acids is 1. The minimum Gasteiger partial charge on any atom is -0.383 e. The lowest BCUT2D eigenvalue weighted by atomic mass is 10.1. The molecule has 0 radical (unpaired) electrons. The molecule has 0 saturated carbocycles. The Morgan fingerprint density at radius 1 is 1.53 bits per heavy atom. The maximum atomic E-state index is 12.0. The zero-order chi connectivity index (χ0) is 13.7. The van der Waals surface area contributed by atoms with Gasteiger partial charge in [0.2, 0.25) is 0 Å². The van der Waals surface area contributed by atoms with Crippen LogP contribution in [0.1, 0.15) is 30.1 Å². The SMILES string of the molecule is CC(CNC(=O)c1cccnc1N)CN1CCCC1. The number of nitrogens with one attached hydrogen (secondary N) is 1. The van der Waals surface area contributed by atoms with Gasteiger partial charge in [0.05, 0.1) is 5.56 Å². The lowest BCUT2D eigenvalue weighted by molar-refractivity contribution is 0.0945. The summed E-state index contributed by atoms with van der Waals surface area (Å²) < 4.78 is 0. The van der Waals surface area contributed by atoms with Gasteiger partial charge in [0.1, 0.15) is 5.82 Å². The Labute approximate surface area is 114 Å². The summed E-state index contributed by atoms with van der Waals surface area (Å²) in [6, 6.07) is 3.42. The highest BCUT2D eigenvalue weighted by molar-refractivity contribution is 5.98. The highest BCUT2D eigenvalue weighted by Gasteiger charge is 2.16. The molecular weight excluding hydrogens is 240 g/mol. The Balaban J connectivity index is 1.78. The number of nitrogens with two attached hydrogens (primary N) is 1. The fourth-order valence-electron chi connectivity index (χ4n) is 2.44. The molecule has 1 aliphatic rings. The van der Waals surface area contributed by atoms with Crippen LogP contribution in [0.2, 0.25) is 0 Å². The molecule has 2 rings (SSSR count). The van der Waals surface area contributed by atoms with E-state index in [1.807, 2.05) is 0 Å². The van der Waals surface area contributed by atoms with E-state index < -0.39 is 0 Å². The van der Waals surface area contributed by atoms with Gasteiger partial charge in [0.25, 0.3) is 5.91 Å². The van der Waals surface area contributed by atoms with Gasteiger partial charge in [-0.3, -0.25) is 4.79 Å². The number of likely N-dealkylation sites (tertiary alicyclic amines) is 1. The Kier molecular flexibility index (Phi) is 4.74. The summed E-state index contributed by atoms with van der Waals surface area (Å²) in [5, 5.41) is 2.93. The molecule has 1 saturated heterocycles. The number of hydrogen-bond donors (Lipinski definition) is 2. The maximum absolute atomic E-state index is 12.0. The van der Waals surface area contributed by atoms with Crippen molar-refractivity contribution >= 4 is 11.7 Å². The summed E-state index contributed by atoms with van der Waals surface area (Å²) in [7, 11) is 0. The van der Waals surface area contributed by atoms with Crippen LogP contribution in [0.3, 0.4) is 0 Å². The van der Waals surface area contributed by atoms with Gasteiger partial charge in [-0.1, -0.05) is 6.92 Å². The number of carbonyl (C=O) groups is 1. The van der Waals surface area contributed by atoms with Gasteiger partial charge < -0.3 is 16.0 Å². The van der Waals surface area contributed by atoms with E-state index in [1.165, 1.54) is 25.9 Å². The fourth-order valence-corrected chi connectivity index (χ4v) is 2.44. The fraction of sp³-hybridized carbons (Fsp3) is 0.571. The van der Waals surface area contributed by atoms with Crippen molar-refractivity contribution in [3.05, 3.63) is 23.9 Å². The highest BCUT2D eigenvalue weighted by atomic mass is 16.1. The third-order valence-electron chi connectivity index (χ3n) is 3.46. The largest absolute Gasteiger partial charge is 0.383 e. The number of amides is 1. The van der Waals surface area contributed by atoms with Crippen LogP contribution in [0.15, 0.2) is 18.3 Å². The average Bonchev–Trinajstić information content (AvgIpc) is 2.89. The molecule has 1 fully saturated rings. The summed E-state index contributed by atoms with van der Waals surface area (Å²) in [6.45, 7) is 6.25. The molecule has 5 nitrogen and oxygen atoms in total. The van der Waals surface area contributed by atoms with Gasteiger partial charge in [0.15, 0.2) is 0 Å².